The Balaban J connectivity index is 1.69. The van der Waals surface area contributed by atoms with E-state index in [4.69, 9.17) is 0 Å². The van der Waals surface area contributed by atoms with Crippen LogP contribution in [0.5, 0.6) is 0 Å². The molecule has 5 nitrogen and oxygen atoms in total. The molecule has 0 N–H and O–H groups in total. The van der Waals surface area contributed by atoms with E-state index in [-0.39, 0.29) is 18.4 Å². The summed E-state index contributed by atoms with van der Waals surface area (Å²) in [7, 11) is 3.83. The van der Waals surface area contributed by atoms with Gasteiger partial charge in [-0.15, -0.1) is 0 Å². The largest absolute Gasteiger partial charge is 0.377 e. The molecule has 2 aromatic carbocycles. The molecule has 0 saturated carbocycles. The van der Waals surface area contributed by atoms with E-state index in [1.807, 2.05) is 48.2 Å². The van der Waals surface area contributed by atoms with Crippen LogP contribution in [-0.4, -0.2) is 55.3 Å². The van der Waals surface area contributed by atoms with E-state index < -0.39 is 0 Å². The van der Waals surface area contributed by atoms with E-state index >= 15 is 0 Å². The number of benzene rings is 2. The molecule has 1 fully saturated rings. The van der Waals surface area contributed by atoms with Crippen LogP contribution in [0.15, 0.2) is 42.5 Å². The fraction of sp³-hybridized carbons (Fsp3) is 0.364. The van der Waals surface area contributed by atoms with Crippen molar-refractivity contribution in [1.29, 1.82) is 0 Å². The van der Waals surface area contributed by atoms with Crippen molar-refractivity contribution in [3.05, 3.63) is 64.7 Å². The van der Waals surface area contributed by atoms with Gasteiger partial charge in [-0.25, -0.2) is 0 Å². The number of piperazine rings is 1. The Morgan fingerprint density at radius 3 is 2.44 bits per heavy atom. The van der Waals surface area contributed by atoms with Gasteiger partial charge in [-0.2, -0.15) is 0 Å². The van der Waals surface area contributed by atoms with Crippen LogP contribution >= 0.6 is 0 Å². The van der Waals surface area contributed by atoms with Gasteiger partial charge in [0.25, 0.3) is 5.91 Å². The third-order valence-electron chi connectivity index (χ3n) is 5.17. The molecular formula is C22H27N3O2. The van der Waals surface area contributed by atoms with Gasteiger partial charge in [-0.3, -0.25) is 9.59 Å². The minimum Gasteiger partial charge on any atom is -0.377 e. The van der Waals surface area contributed by atoms with Crippen molar-refractivity contribution in [2.45, 2.75) is 20.4 Å². The topological polar surface area (TPSA) is 43.9 Å². The Labute approximate surface area is 161 Å². The standard InChI is InChI=1S/C22H27N3O2/c1-16-9-10-18(13-17(16)2)14-24-11-12-25(15-21(24)26)22(27)19-7-5-6-8-20(19)23(3)4/h5-10,13H,11-12,14-15H2,1-4H3. The number of rotatable bonds is 4. The minimum atomic E-state index is -0.0847. The third-order valence-corrected chi connectivity index (χ3v) is 5.17. The first-order valence-corrected chi connectivity index (χ1v) is 9.26. The molecule has 3 rings (SSSR count). The summed E-state index contributed by atoms with van der Waals surface area (Å²) in [5.74, 6) is -0.0892. The zero-order valence-electron chi connectivity index (χ0n) is 16.5. The van der Waals surface area contributed by atoms with Crippen molar-refractivity contribution in [2.24, 2.45) is 0 Å². The Hall–Kier alpha value is -2.82. The summed E-state index contributed by atoms with van der Waals surface area (Å²) in [6, 6.07) is 13.8. The monoisotopic (exact) mass is 365 g/mol. The van der Waals surface area contributed by atoms with E-state index in [0.29, 0.717) is 25.2 Å². The maximum Gasteiger partial charge on any atom is 0.256 e. The molecule has 0 atom stereocenters. The molecule has 27 heavy (non-hydrogen) atoms. The minimum absolute atomic E-state index is 0.00448. The lowest BCUT2D eigenvalue weighted by molar-refractivity contribution is -0.135. The van der Waals surface area contributed by atoms with Gasteiger partial charge in [-0.05, 0) is 42.7 Å². The highest BCUT2D eigenvalue weighted by atomic mass is 16.2. The molecule has 1 aliphatic heterocycles. The van der Waals surface area contributed by atoms with Crippen LogP contribution in [0.4, 0.5) is 5.69 Å². The van der Waals surface area contributed by atoms with Crippen molar-refractivity contribution in [3.8, 4) is 0 Å². The Bertz CT molecular complexity index is 860. The molecule has 5 heteroatoms. The number of carbonyl (C=O) groups excluding carboxylic acids is 2. The first kappa shape index (κ1) is 19.0. The summed E-state index contributed by atoms with van der Waals surface area (Å²) >= 11 is 0. The smallest absolute Gasteiger partial charge is 0.256 e. The Morgan fingerprint density at radius 1 is 1.04 bits per heavy atom. The van der Waals surface area contributed by atoms with Gasteiger partial charge in [-0.1, -0.05) is 30.3 Å². The quantitative estimate of drug-likeness (QED) is 0.837. The van der Waals surface area contributed by atoms with Crippen LogP contribution in [0, 0.1) is 13.8 Å². The summed E-state index contributed by atoms with van der Waals surface area (Å²) in [6.07, 6.45) is 0. The van der Waals surface area contributed by atoms with Crippen molar-refractivity contribution < 1.29 is 9.59 Å². The van der Waals surface area contributed by atoms with Gasteiger partial charge in [0.15, 0.2) is 0 Å². The highest BCUT2D eigenvalue weighted by Gasteiger charge is 2.29. The summed E-state index contributed by atoms with van der Waals surface area (Å²) in [5, 5.41) is 0. The Kier molecular flexibility index (Phi) is 5.49. The molecule has 0 unspecified atom stereocenters. The van der Waals surface area contributed by atoms with E-state index in [1.165, 1.54) is 11.1 Å². The van der Waals surface area contributed by atoms with Crippen molar-refractivity contribution in [2.75, 3.05) is 38.6 Å². The van der Waals surface area contributed by atoms with Crippen LogP contribution in [0.3, 0.4) is 0 Å². The number of nitrogens with zero attached hydrogens (tertiary/aromatic N) is 3. The number of carbonyl (C=O) groups is 2. The molecule has 1 heterocycles. The van der Waals surface area contributed by atoms with Gasteiger partial charge in [0.1, 0.15) is 6.54 Å². The second-order valence-corrected chi connectivity index (χ2v) is 7.37. The average Bonchev–Trinajstić information content (AvgIpc) is 2.65. The van der Waals surface area contributed by atoms with Crippen molar-refractivity contribution in [3.63, 3.8) is 0 Å². The zero-order valence-corrected chi connectivity index (χ0v) is 16.5. The summed E-state index contributed by atoms with van der Waals surface area (Å²) < 4.78 is 0. The van der Waals surface area contributed by atoms with E-state index in [1.54, 1.807) is 4.90 Å². The maximum atomic E-state index is 12.9. The van der Waals surface area contributed by atoms with Crippen LogP contribution in [0.25, 0.3) is 0 Å². The lowest BCUT2D eigenvalue weighted by Gasteiger charge is -2.35. The van der Waals surface area contributed by atoms with E-state index in [9.17, 15) is 9.59 Å². The number of amides is 2. The molecule has 2 amide bonds. The Morgan fingerprint density at radius 2 is 1.78 bits per heavy atom. The van der Waals surface area contributed by atoms with Crippen LogP contribution < -0.4 is 4.90 Å². The first-order valence-electron chi connectivity index (χ1n) is 9.26. The second kappa shape index (κ2) is 7.82. The van der Waals surface area contributed by atoms with Gasteiger partial charge in [0.2, 0.25) is 5.91 Å². The predicted octanol–water partition coefficient (Wildman–Crippen LogP) is 2.85. The normalized spacial score (nSPS) is 14.4. The molecule has 142 valence electrons. The lowest BCUT2D eigenvalue weighted by atomic mass is 10.1. The van der Waals surface area contributed by atoms with Crippen LogP contribution in [0.1, 0.15) is 27.0 Å². The number of para-hydroxylation sites is 1. The third kappa shape index (κ3) is 4.13. The molecule has 0 spiro atoms. The van der Waals surface area contributed by atoms with Gasteiger partial charge < -0.3 is 14.7 Å². The molecule has 0 bridgehead atoms. The highest BCUT2D eigenvalue weighted by molar-refractivity contribution is 6.01. The predicted molar refractivity (Wildman–Crippen MR) is 108 cm³/mol. The molecule has 0 aliphatic carbocycles. The summed E-state index contributed by atoms with van der Waals surface area (Å²) in [4.78, 5) is 31.0. The highest BCUT2D eigenvalue weighted by Crippen LogP contribution is 2.21. The molecular weight excluding hydrogens is 338 g/mol. The van der Waals surface area contributed by atoms with E-state index in [2.05, 4.69) is 32.0 Å². The molecule has 0 aromatic heterocycles. The maximum absolute atomic E-state index is 12.9. The molecule has 1 saturated heterocycles. The lowest BCUT2D eigenvalue weighted by Crippen LogP contribution is -2.51. The number of hydrogen-bond acceptors (Lipinski definition) is 3. The number of anilines is 1. The zero-order chi connectivity index (χ0) is 19.6. The summed E-state index contributed by atoms with van der Waals surface area (Å²) in [6.45, 7) is 6.00. The second-order valence-electron chi connectivity index (χ2n) is 7.37. The number of aryl methyl sites for hydroxylation is 2. The average molecular weight is 365 g/mol. The molecule has 1 aliphatic rings. The molecule has 2 aromatic rings. The van der Waals surface area contributed by atoms with Crippen molar-refractivity contribution in [1.82, 2.24) is 9.80 Å². The van der Waals surface area contributed by atoms with Gasteiger partial charge >= 0.3 is 0 Å². The van der Waals surface area contributed by atoms with Crippen LogP contribution in [-0.2, 0) is 11.3 Å². The van der Waals surface area contributed by atoms with Gasteiger partial charge in [0, 0.05) is 39.4 Å². The van der Waals surface area contributed by atoms with Crippen molar-refractivity contribution >= 4 is 17.5 Å². The fourth-order valence-corrected chi connectivity index (χ4v) is 3.39. The SMILES string of the molecule is Cc1ccc(CN2CCN(C(=O)c3ccccc3N(C)C)CC2=O)cc1C. The number of hydrogen-bond donors (Lipinski definition) is 0. The summed E-state index contributed by atoms with van der Waals surface area (Å²) in [5.41, 5.74) is 5.11. The van der Waals surface area contributed by atoms with Crippen LogP contribution in [0.2, 0.25) is 0 Å². The fourth-order valence-electron chi connectivity index (χ4n) is 3.39. The first-order chi connectivity index (χ1) is 12.9. The molecule has 0 radical (unpaired) electrons. The van der Waals surface area contributed by atoms with E-state index in [0.717, 1.165) is 11.3 Å². The van der Waals surface area contributed by atoms with Gasteiger partial charge in [0.05, 0.1) is 5.56 Å².